The van der Waals surface area contributed by atoms with Gasteiger partial charge in [-0.15, -0.1) is 0 Å². The number of ether oxygens (including phenoxy) is 1. The molecule has 3 fully saturated rings. The highest BCUT2D eigenvalue weighted by Crippen LogP contribution is 2.62. The predicted molar refractivity (Wildman–Crippen MR) is 126 cm³/mol. The van der Waals surface area contributed by atoms with Gasteiger partial charge >= 0.3 is 6.18 Å². The molecular weight excluding hydrogens is 493 g/mol. The number of alkyl halides is 3. The number of amides is 2. The SMILES string of the molecule is CC12OC(CCO[Si](C)(C)C(C)(C)C)(CC1O)C1C(=O)N(c3ccc(C#N)c(C(F)(F)F)c3)C(=O)C12. The number of rotatable bonds is 5. The van der Waals surface area contributed by atoms with E-state index in [1.807, 2.05) is 0 Å². The minimum atomic E-state index is -4.84. The number of aliphatic hydroxyl groups is 1. The Morgan fingerprint density at radius 2 is 1.83 bits per heavy atom. The quantitative estimate of drug-likeness (QED) is 0.453. The minimum absolute atomic E-state index is 0.0465. The van der Waals surface area contributed by atoms with Crippen molar-refractivity contribution in [1.82, 2.24) is 0 Å². The summed E-state index contributed by atoms with van der Waals surface area (Å²) >= 11 is 0. The van der Waals surface area contributed by atoms with E-state index in [4.69, 9.17) is 14.4 Å². The maximum atomic E-state index is 13.6. The highest BCUT2D eigenvalue weighted by molar-refractivity contribution is 6.74. The van der Waals surface area contributed by atoms with Gasteiger partial charge in [0.15, 0.2) is 8.32 Å². The molecule has 2 amide bonds. The summed E-state index contributed by atoms with van der Waals surface area (Å²) in [5.41, 5.74) is -4.58. The molecule has 0 aliphatic carbocycles. The van der Waals surface area contributed by atoms with Gasteiger partial charge in [0.1, 0.15) is 5.60 Å². The second-order valence-corrected chi connectivity index (χ2v) is 16.5. The van der Waals surface area contributed by atoms with E-state index < -0.39 is 66.6 Å². The van der Waals surface area contributed by atoms with Crippen LogP contribution in [0.3, 0.4) is 0 Å². The molecule has 1 aromatic rings. The number of aliphatic hydroxyl groups excluding tert-OH is 1. The Morgan fingerprint density at radius 3 is 2.39 bits per heavy atom. The molecule has 0 radical (unpaired) electrons. The first kappa shape index (κ1) is 26.8. The van der Waals surface area contributed by atoms with Crippen molar-refractivity contribution in [3.8, 4) is 6.07 Å². The van der Waals surface area contributed by atoms with Crippen LogP contribution in [0.4, 0.5) is 18.9 Å². The number of hydrogen-bond donors (Lipinski definition) is 1. The summed E-state index contributed by atoms with van der Waals surface area (Å²) in [4.78, 5) is 27.9. The molecule has 5 unspecified atom stereocenters. The lowest BCUT2D eigenvalue weighted by atomic mass is 9.66. The molecule has 3 saturated heterocycles. The fourth-order valence-electron chi connectivity index (χ4n) is 5.58. The highest BCUT2D eigenvalue weighted by atomic mass is 28.4. The Labute approximate surface area is 209 Å². The second-order valence-electron chi connectivity index (χ2n) is 11.7. The zero-order valence-electron chi connectivity index (χ0n) is 21.2. The molecule has 36 heavy (non-hydrogen) atoms. The van der Waals surface area contributed by atoms with Crippen molar-refractivity contribution in [2.75, 3.05) is 11.5 Å². The predicted octanol–water partition coefficient (Wildman–Crippen LogP) is 4.39. The molecule has 0 aromatic heterocycles. The number of fused-ring (bicyclic) bond motifs is 5. The van der Waals surface area contributed by atoms with Crippen LogP contribution in [0.2, 0.25) is 18.1 Å². The Hall–Kier alpha value is -2.26. The van der Waals surface area contributed by atoms with Gasteiger partial charge in [0.2, 0.25) is 11.8 Å². The number of carbonyl (C=O) groups excluding carboxylic acids is 2. The number of carbonyl (C=O) groups is 2. The molecule has 3 heterocycles. The monoisotopic (exact) mass is 524 g/mol. The first-order valence-electron chi connectivity index (χ1n) is 11.9. The Morgan fingerprint density at radius 1 is 1.22 bits per heavy atom. The highest BCUT2D eigenvalue weighted by Gasteiger charge is 2.77. The van der Waals surface area contributed by atoms with E-state index in [1.165, 1.54) is 12.1 Å². The number of imide groups is 1. The van der Waals surface area contributed by atoms with Gasteiger partial charge < -0.3 is 14.3 Å². The van der Waals surface area contributed by atoms with Crippen LogP contribution in [0.1, 0.15) is 51.7 Å². The fourth-order valence-corrected chi connectivity index (χ4v) is 6.62. The average Bonchev–Trinajstić information content (AvgIpc) is 3.27. The third-order valence-corrected chi connectivity index (χ3v) is 13.1. The van der Waals surface area contributed by atoms with Crippen molar-refractivity contribution in [1.29, 1.82) is 5.26 Å². The van der Waals surface area contributed by atoms with E-state index in [-0.39, 0.29) is 30.2 Å². The van der Waals surface area contributed by atoms with Gasteiger partial charge in [0, 0.05) is 13.0 Å². The summed E-state index contributed by atoms with van der Waals surface area (Å²) < 4.78 is 53.2. The molecule has 0 saturated carbocycles. The molecular formula is C25H31F3N2O5Si. The van der Waals surface area contributed by atoms with Gasteiger partial charge in [-0.05, 0) is 49.7 Å². The number of hydrogen-bond acceptors (Lipinski definition) is 6. The molecule has 3 aliphatic heterocycles. The largest absolute Gasteiger partial charge is 0.417 e. The zero-order chi connectivity index (χ0) is 27.1. The van der Waals surface area contributed by atoms with Crippen LogP contribution in [-0.2, 0) is 24.9 Å². The zero-order valence-corrected chi connectivity index (χ0v) is 22.2. The van der Waals surface area contributed by atoms with Crippen molar-refractivity contribution < 1.29 is 37.0 Å². The molecule has 11 heteroatoms. The van der Waals surface area contributed by atoms with Crippen molar-refractivity contribution in [2.45, 2.75) is 82.2 Å². The van der Waals surface area contributed by atoms with Crippen LogP contribution in [0.25, 0.3) is 0 Å². The summed E-state index contributed by atoms with van der Waals surface area (Å²) in [5.74, 6) is -3.36. The van der Waals surface area contributed by atoms with Crippen LogP contribution in [0.15, 0.2) is 18.2 Å². The molecule has 2 bridgehead atoms. The number of nitriles is 1. The lowest BCUT2D eigenvalue weighted by Gasteiger charge is -2.38. The number of halogens is 3. The lowest BCUT2D eigenvalue weighted by molar-refractivity contribution is -0.138. The third kappa shape index (κ3) is 3.81. The van der Waals surface area contributed by atoms with Crippen LogP contribution in [0, 0.1) is 23.2 Å². The van der Waals surface area contributed by atoms with E-state index in [1.54, 1.807) is 6.92 Å². The Balaban J connectivity index is 1.68. The van der Waals surface area contributed by atoms with Crippen LogP contribution in [-0.4, -0.2) is 49.2 Å². The van der Waals surface area contributed by atoms with Crippen molar-refractivity contribution in [3.05, 3.63) is 29.3 Å². The number of benzene rings is 1. The first-order valence-corrected chi connectivity index (χ1v) is 14.8. The Bertz CT molecular complexity index is 1160. The molecule has 3 aliphatic rings. The fraction of sp³-hybridized carbons (Fsp3) is 0.640. The summed E-state index contributed by atoms with van der Waals surface area (Å²) in [6.45, 7) is 12.3. The van der Waals surface area contributed by atoms with E-state index >= 15 is 0 Å². The van der Waals surface area contributed by atoms with E-state index in [0.717, 1.165) is 11.0 Å². The normalized spacial score (nSPS) is 32.2. The number of anilines is 1. The van der Waals surface area contributed by atoms with Crippen LogP contribution >= 0.6 is 0 Å². The molecule has 1 N–H and O–H groups in total. The molecule has 1 aromatic carbocycles. The first-order chi connectivity index (χ1) is 16.4. The summed E-state index contributed by atoms with van der Waals surface area (Å²) in [6.07, 6.45) is -5.47. The summed E-state index contributed by atoms with van der Waals surface area (Å²) in [5, 5.41) is 19.9. The van der Waals surface area contributed by atoms with E-state index in [2.05, 4.69) is 33.9 Å². The van der Waals surface area contributed by atoms with Gasteiger partial charge in [0.05, 0.1) is 46.4 Å². The molecule has 5 atom stereocenters. The van der Waals surface area contributed by atoms with Gasteiger partial charge in [-0.25, -0.2) is 4.90 Å². The maximum absolute atomic E-state index is 13.6. The minimum Gasteiger partial charge on any atom is -0.417 e. The van der Waals surface area contributed by atoms with Crippen molar-refractivity contribution in [2.24, 2.45) is 11.8 Å². The molecule has 4 rings (SSSR count). The average molecular weight is 525 g/mol. The van der Waals surface area contributed by atoms with Crippen molar-refractivity contribution in [3.63, 3.8) is 0 Å². The van der Waals surface area contributed by atoms with E-state index in [0.29, 0.717) is 6.07 Å². The smallest absolute Gasteiger partial charge is 0.417 e. The van der Waals surface area contributed by atoms with Gasteiger partial charge in [0.25, 0.3) is 0 Å². The standard InChI is InChI=1S/C25H31F3N2O5Si/c1-22(2,3)36(5,6)34-10-9-24-12-17(31)23(4,35-24)18-19(24)21(33)30(20(18)32)15-8-7-14(13-29)16(11-15)25(26,27)28/h7-8,11,17-19,31H,9-10,12H2,1-6H3. The maximum Gasteiger partial charge on any atom is 0.417 e. The summed E-state index contributed by atoms with van der Waals surface area (Å²) in [6, 6.07) is 4.28. The van der Waals surface area contributed by atoms with Crippen LogP contribution in [0.5, 0.6) is 0 Å². The second kappa shape index (κ2) is 8.12. The molecule has 7 nitrogen and oxygen atoms in total. The lowest BCUT2D eigenvalue weighted by Crippen LogP contribution is -2.50. The van der Waals surface area contributed by atoms with Gasteiger partial charge in [-0.2, -0.15) is 18.4 Å². The number of nitrogens with zero attached hydrogens (tertiary/aromatic N) is 2. The molecule has 0 spiro atoms. The summed E-state index contributed by atoms with van der Waals surface area (Å²) in [7, 11) is -2.12. The molecule has 196 valence electrons. The Kier molecular flexibility index (Phi) is 6.04. The topological polar surface area (TPSA) is 99.9 Å². The van der Waals surface area contributed by atoms with E-state index in [9.17, 15) is 27.9 Å². The van der Waals surface area contributed by atoms with Gasteiger partial charge in [-0.3, -0.25) is 9.59 Å². The third-order valence-electron chi connectivity index (χ3n) is 8.60. The van der Waals surface area contributed by atoms with Crippen LogP contribution < -0.4 is 4.90 Å². The van der Waals surface area contributed by atoms with Crippen molar-refractivity contribution >= 4 is 25.8 Å². The van der Waals surface area contributed by atoms with Gasteiger partial charge in [-0.1, -0.05) is 20.8 Å².